The maximum Gasteiger partial charge on any atom is 0.254 e. The van der Waals surface area contributed by atoms with Crippen LogP contribution in [-0.2, 0) is 17.7 Å². The third-order valence-corrected chi connectivity index (χ3v) is 5.68. The molecule has 1 atom stereocenters. The molecule has 0 N–H and O–H groups in total. The standard InChI is InChI=1S/C19H21NO3S/c21-19(20-9-7-18-15(12-20)8-11-24-18)14-3-5-16(6-4-14)23-13-17-2-1-10-22-17/h3-6,8,11,17H,1-2,7,9-10,12-13H2/t17-/m0/s1. The fraction of sp³-hybridized carbons (Fsp3) is 0.421. The predicted molar refractivity (Wildman–Crippen MR) is 93.7 cm³/mol. The molecule has 0 bridgehead atoms. The molecule has 24 heavy (non-hydrogen) atoms. The number of ether oxygens (including phenoxy) is 2. The normalized spacial score (nSPS) is 20.0. The van der Waals surface area contributed by atoms with Crippen LogP contribution in [0.4, 0.5) is 0 Å². The van der Waals surface area contributed by atoms with Gasteiger partial charge in [-0.3, -0.25) is 4.79 Å². The fourth-order valence-corrected chi connectivity index (χ4v) is 4.15. The van der Waals surface area contributed by atoms with Gasteiger partial charge in [0.1, 0.15) is 12.4 Å². The molecule has 5 heteroatoms. The van der Waals surface area contributed by atoms with Crippen molar-refractivity contribution in [2.24, 2.45) is 0 Å². The lowest BCUT2D eigenvalue weighted by Gasteiger charge is -2.27. The molecule has 0 saturated carbocycles. The Morgan fingerprint density at radius 3 is 2.96 bits per heavy atom. The number of thiophene rings is 1. The number of nitrogens with zero attached hydrogens (tertiary/aromatic N) is 1. The van der Waals surface area contributed by atoms with Gasteiger partial charge in [-0.1, -0.05) is 0 Å². The smallest absolute Gasteiger partial charge is 0.254 e. The summed E-state index contributed by atoms with van der Waals surface area (Å²) in [4.78, 5) is 16.0. The quantitative estimate of drug-likeness (QED) is 0.853. The Morgan fingerprint density at radius 2 is 2.17 bits per heavy atom. The van der Waals surface area contributed by atoms with E-state index < -0.39 is 0 Å². The van der Waals surface area contributed by atoms with Crippen molar-refractivity contribution in [3.05, 3.63) is 51.7 Å². The second-order valence-electron chi connectivity index (χ2n) is 6.32. The van der Waals surface area contributed by atoms with Crippen LogP contribution in [0.25, 0.3) is 0 Å². The van der Waals surface area contributed by atoms with Crippen molar-refractivity contribution in [2.75, 3.05) is 19.8 Å². The average molecular weight is 343 g/mol. The van der Waals surface area contributed by atoms with Gasteiger partial charge in [-0.2, -0.15) is 0 Å². The van der Waals surface area contributed by atoms with E-state index in [-0.39, 0.29) is 12.0 Å². The van der Waals surface area contributed by atoms with Gasteiger partial charge in [-0.25, -0.2) is 0 Å². The van der Waals surface area contributed by atoms with Crippen LogP contribution in [0.5, 0.6) is 5.75 Å². The molecule has 0 spiro atoms. The summed E-state index contributed by atoms with van der Waals surface area (Å²) in [5, 5.41) is 2.11. The van der Waals surface area contributed by atoms with E-state index in [1.54, 1.807) is 11.3 Å². The van der Waals surface area contributed by atoms with E-state index >= 15 is 0 Å². The summed E-state index contributed by atoms with van der Waals surface area (Å²) in [6.07, 6.45) is 3.35. The van der Waals surface area contributed by atoms with E-state index in [1.165, 1.54) is 10.4 Å². The molecule has 4 rings (SSSR count). The molecule has 2 aromatic rings. The Kier molecular flexibility index (Phi) is 4.54. The van der Waals surface area contributed by atoms with Crippen LogP contribution in [-0.4, -0.2) is 36.7 Å². The Bertz CT molecular complexity index is 704. The number of carbonyl (C=O) groups excluding carboxylic acids is 1. The third-order valence-electron chi connectivity index (χ3n) is 4.66. The second kappa shape index (κ2) is 6.95. The molecule has 2 aliphatic heterocycles. The highest BCUT2D eigenvalue weighted by Gasteiger charge is 2.22. The summed E-state index contributed by atoms with van der Waals surface area (Å²) in [7, 11) is 0. The van der Waals surface area contributed by atoms with Crippen molar-refractivity contribution in [1.82, 2.24) is 4.90 Å². The molecule has 1 fully saturated rings. The van der Waals surface area contributed by atoms with Gasteiger partial charge in [-0.15, -0.1) is 11.3 Å². The molecular formula is C19H21NO3S. The summed E-state index contributed by atoms with van der Waals surface area (Å²) in [5.74, 6) is 0.887. The maximum absolute atomic E-state index is 12.7. The Morgan fingerprint density at radius 1 is 1.29 bits per heavy atom. The molecule has 2 aliphatic rings. The number of benzene rings is 1. The van der Waals surface area contributed by atoms with Crippen molar-refractivity contribution in [2.45, 2.75) is 31.9 Å². The Labute approximate surface area is 146 Å². The van der Waals surface area contributed by atoms with Gasteiger partial charge in [0.05, 0.1) is 6.10 Å². The van der Waals surface area contributed by atoms with Gasteiger partial charge in [0.25, 0.3) is 5.91 Å². The number of hydrogen-bond acceptors (Lipinski definition) is 4. The highest BCUT2D eigenvalue weighted by molar-refractivity contribution is 7.10. The lowest BCUT2D eigenvalue weighted by atomic mass is 10.1. The SMILES string of the molecule is O=C(c1ccc(OC[C@@H]2CCCO2)cc1)N1CCc2sccc2C1. The molecule has 1 aromatic carbocycles. The number of carbonyl (C=O) groups is 1. The number of hydrogen-bond donors (Lipinski definition) is 0. The monoisotopic (exact) mass is 343 g/mol. The van der Waals surface area contributed by atoms with Crippen molar-refractivity contribution in [3.63, 3.8) is 0 Å². The van der Waals surface area contributed by atoms with E-state index in [0.717, 1.165) is 50.3 Å². The zero-order valence-corrected chi connectivity index (χ0v) is 14.4. The van der Waals surface area contributed by atoms with Crippen LogP contribution >= 0.6 is 11.3 Å². The minimum Gasteiger partial charge on any atom is -0.491 e. The molecule has 1 amide bonds. The van der Waals surface area contributed by atoms with E-state index in [9.17, 15) is 4.79 Å². The van der Waals surface area contributed by atoms with E-state index in [1.807, 2.05) is 29.2 Å². The third kappa shape index (κ3) is 3.32. The number of fused-ring (bicyclic) bond motifs is 1. The van der Waals surface area contributed by atoms with Crippen molar-refractivity contribution in [3.8, 4) is 5.75 Å². The van der Waals surface area contributed by atoms with Gasteiger partial charge in [-0.05, 0) is 60.5 Å². The van der Waals surface area contributed by atoms with Gasteiger partial charge < -0.3 is 14.4 Å². The van der Waals surface area contributed by atoms with Crippen molar-refractivity contribution < 1.29 is 14.3 Å². The number of amides is 1. The minimum absolute atomic E-state index is 0.0949. The second-order valence-corrected chi connectivity index (χ2v) is 7.32. The number of rotatable bonds is 4. The topological polar surface area (TPSA) is 38.8 Å². The Hall–Kier alpha value is -1.85. The predicted octanol–water partition coefficient (Wildman–Crippen LogP) is 3.50. The first-order chi connectivity index (χ1) is 11.8. The van der Waals surface area contributed by atoms with Crippen LogP contribution < -0.4 is 4.74 Å². The van der Waals surface area contributed by atoms with Crippen LogP contribution in [0, 0.1) is 0 Å². The summed E-state index contributed by atoms with van der Waals surface area (Å²) < 4.78 is 11.3. The molecule has 4 nitrogen and oxygen atoms in total. The minimum atomic E-state index is 0.0949. The molecule has 0 radical (unpaired) electrons. The highest BCUT2D eigenvalue weighted by atomic mass is 32.1. The van der Waals surface area contributed by atoms with Gasteiger partial charge in [0.2, 0.25) is 0 Å². The average Bonchev–Trinajstić information content (AvgIpc) is 3.30. The zero-order valence-electron chi connectivity index (χ0n) is 13.6. The van der Waals surface area contributed by atoms with E-state index in [2.05, 4.69) is 11.4 Å². The van der Waals surface area contributed by atoms with Crippen LogP contribution in [0.15, 0.2) is 35.7 Å². The van der Waals surface area contributed by atoms with E-state index in [0.29, 0.717) is 6.61 Å². The summed E-state index contributed by atoms with van der Waals surface area (Å²) >= 11 is 1.79. The van der Waals surface area contributed by atoms with Crippen molar-refractivity contribution >= 4 is 17.2 Å². The lowest BCUT2D eigenvalue weighted by molar-refractivity contribution is 0.0678. The van der Waals surface area contributed by atoms with Crippen LogP contribution in [0.3, 0.4) is 0 Å². The molecule has 126 valence electrons. The van der Waals surface area contributed by atoms with Crippen molar-refractivity contribution in [1.29, 1.82) is 0 Å². The zero-order chi connectivity index (χ0) is 16.4. The summed E-state index contributed by atoms with van der Waals surface area (Å²) in [5.41, 5.74) is 2.01. The first-order valence-corrected chi connectivity index (χ1v) is 9.36. The van der Waals surface area contributed by atoms with E-state index in [4.69, 9.17) is 9.47 Å². The molecule has 0 aliphatic carbocycles. The molecular weight excluding hydrogens is 322 g/mol. The highest BCUT2D eigenvalue weighted by Crippen LogP contribution is 2.25. The largest absolute Gasteiger partial charge is 0.491 e. The molecule has 1 saturated heterocycles. The van der Waals surface area contributed by atoms with Gasteiger partial charge in [0, 0.05) is 30.1 Å². The first-order valence-electron chi connectivity index (χ1n) is 8.48. The molecule has 0 unspecified atom stereocenters. The lowest BCUT2D eigenvalue weighted by Crippen LogP contribution is -2.35. The van der Waals surface area contributed by atoms with Crippen LogP contribution in [0.1, 0.15) is 33.6 Å². The van der Waals surface area contributed by atoms with Gasteiger partial charge in [0.15, 0.2) is 0 Å². The molecule has 3 heterocycles. The fourth-order valence-electron chi connectivity index (χ4n) is 3.26. The first kappa shape index (κ1) is 15.7. The summed E-state index contributed by atoms with van der Waals surface area (Å²) in [6.45, 7) is 2.93. The molecule has 1 aromatic heterocycles. The van der Waals surface area contributed by atoms with Crippen LogP contribution in [0.2, 0.25) is 0 Å². The Balaban J connectivity index is 1.36. The maximum atomic E-state index is 12.7. The van der Waals surface area contributed by atoms with Gasteiger partial charge >= 0.3 is 0 Å². The summed E-state index contributed by atoms with van der Waals surface area (Å²) in [6, 6.07) is 9.60.